The van der Waals surface area contributed by atoms with Crippen LogP contribution >= 0.6 is 0 Å². The van der Waals surface area contributed by atoms with Crippen molar-refractivity contribution in [2.45, 2.75) is 57.4 Å². The topological polar surface area (TPSA) is 46.3 Å². The largest absolute Gasteiger partial charge is 0.339 e. The van der Waals surface area contributed by atoms with Crippen LogP contribution in [0.1, 0.15) is 51.4 Å². The van der Waals surface area contributed by atoms with Crippen molar-refractivity contribution in [1.82, 2.24) is 4.90 Å². The van der Waals surface area contributed by atoms with Gasteiger partial charge in [-0.3, -0.25) is 4.79 Å². The second kappa shape index (κ2) is 4.27. The summed E-state index contributed by atoms with van der Waals surface area (Å²) in [7, 11) is 0. The van der Waals surface area contributed by atoms with E-state index in [9.17, 15) is 4.79 Å². The minimum atomic E-state index is -0.183. The first-order valence-electron chi connectivity index (χ1n) is 7.26. The van der Waals surface area contributed by atoms with Gasteiger partial charge in [-0.2, -0.15) is 0 Å². The molecule has 0 unspecified atom stereocenters. The summed E-state index contributed by atoms with van der Waals surface area (Å²) in [4.78, 5) is 15.0. The molecule has 3 aliphatic rings. The Labute approximate surface area is 104 Å². The van der Waals surface area contributed by atoms with Crippen molar-refractivity contribution in [3.05, 3.63) is 0 Å². The molecule has 96 valence electrons. The van der Waals surface area contributed by atoms with Crippen LogP contribution < -0.4 is 5.73 Å². The molecule has 3 rings (SSSR count). The maximum Gasteiger partial charge on any atom is 0.230 e. The number of hydrogen-bond donors (Lipinski definition) is 1. The lowest BCUT2D eigenvalue weighted by Gasteiger charge is -2.34. The molecule has 3 nitrogen and oxygen atoms in total. The molecule has 0 radical (unpaired) electrons. The Hall–Kier alpha value is -0.570. The smallest absolute Gasteiger partial charge is 0.230 e. The molecular formula is C14H24N2O. The standard InChI is InChI=1S/C14H24N2O/c15-10-14(7-1-2-8-14)13(17)16(12-5-6-12)9-11-3-4-11/h11-12H,1-10,15H2. The van der Waals surface area contributed by atoms with Gasteiger partial charge in [0.25, 0.3) is 0 Å². The maximum absolute atomic E-state index is 12.8. The molecule has 3 saturated carbocycles. The normalized spacial score (nSPS) is 27.1. The Bertz CT molecular complexity index is 301. The van der Waals surface area contributed by atoms with Gasteiger partial charge in [0, 0.05) is 19.1 Å². The van der Waals surface area contributed by atoms with E-state index in [0.717, 1.165) is 25.3 Å². The summed E-state index contributed by atoms with van der Waals surface area (Å²) in [5.41, 5.74) is 5.74. The predicted octanol–water partition coefficient (Wildman–Crippen LogP) is 1.91. The summed E-state index contributed by atoms with van der Waals surface area (Å²) in [5.74, 6) is 1.20. The monoisotopic (exact) mass is 236 g/mol. The van der Waals surface area contributed by atoms with Crippen LogP contribution in [0.25, 0.3) is 0 Å². The van der Waals surface area contributed by atoms with Gasteiger partial charge in [-0.15, -0.1) is 0 Å². The summed E-state index contributed by atoms with van der Waals surface area (Å²) in [6.07, 6.45) is 9.51. The summed E-state index contributed by atoms with van der Waals surface area (Å²) >= 11 is 0. The summed E-state index contributed by atoms with van der Waals surface area (Å²) in [5, 5.41) is 0. The van der Waals surface area contributed by atoms with Gasteiger partial charge in [-0.25, -0.2) is 0 Å². The van der Waals surface area contributed by atoms with E-state index >= 15 is 0 Å². The number of carbonyl (C=O) groups is 1. The van der Waals surface area contributed by atoms with E-state index in [1.165, 1.54) is 38.5 Å². The Balaban J connectivity index is 1.72. The number of amides is 1. The lowest BCUT2D eigenvalue weighted by atomic mass is 9.84. The van der Waals surface area contributed by atoms with Crippen LogP contribution in [0.2, 0.25) is 0 Å². The number of hydrogen-bond acceptors (Lipinski definition) is 2. The van der Waals surface area contributed by atoms with Gasteiger partial charge in [0.05, 0.1) is 5.41 Å². The Morgan fingerprint density at radius 3 is 2.29 bits per heavy atom. The highest BCUT2D eigenvalue weighted by molar-refractivity contribution is 5.84. The third kappa shape index (κ3) is 2.22. The first-order chi connectivity index (χ1) is 8.25. The third-order valence-electron chi connectivity index (χ3n) is 4.81. The molecule has 0 aromatic rings. The van der Waals surface area contributed by atoms with Crippen LogP contribution in [0.4, 0.5) is 0 Å². The van der Waals surface area contributed by atoms with Crippen molar-refractivity contribution < 1.29 is 4.79 Å². The van der Waals surface area contributed by atoms with Crippen molar-refractivity contribution in [3.8, 4) is 0 Å². The van der Waals surface area contributed by atoms with E-state index in [4.69, 9.17) is 5.73 Å². The molecule has 0 atom stereocenters. The quantitative estimate of drug-likeness (QED) is 0.792. The first kappa shape index (κ1) is 11.5. The number of carbonyl (C=O) groups excluding carboxylic acids is 1. The van der Waals surface area contributed by atoms with Crippen LogP contribution in [0.5, 0.6) is 0 Å². The highest BCUT2D eigenvalue weighted by Crippen LogP contribution is 2.43. The molecule has 0 spiro atoms. The molecule has 17 heavy (non-hydrogen) atoms. The Kier molecular flexibility index (Phi) is 2.89. The van der Waals surface area contributed by atoms with Crippen molar-refractivity contribution in [1.29, 1.82) is 0 Å². The number of nitrogens with two attached hydrogens (primary N) is 1. The zero-order valence-electron chi connectivity index (χ0n) is 10.7. The van der Waals surface area contributed by atoms with Gasteiger partial charge in [0.1, 0.15) is 0 Å². The van der Waals surface area contributed by atoms with E-state index in [1.807, 2.05) is 0 Å². The Morgan fingerprint density at radius 2 is 1.82 bits per heavy atom. The fraction of sp³-hybridized carbons (Fsp3) is 0.929. The predicted molar refractivity (Wildman–Crippen MR) is 67.4 cm³/mol. The van der Waals surface area contributed by atoms with Gasteiger partial charge in [0.15, 0.2) is 0 Å². The van der Waals surface area contributed by atoms with E-state index in [-0.39, 0.29) is 5.41 Å². The van der Waals surface area contributed by atoms with Crippen molar-refractivity contribution in [2.75, 3.05) is 13.1 Å². The molecule has 3 heteroatoms. The minimum absolute atomic E-state index is 0.183. The fourth-order valence-corrected chi connectivity index (χ4v) is 3.22. The van der Waals surface area contributed by atoms with Crippen molar-refractivity contribution >= 4 is 5.91 Å². The second-order valence-corrected chi connectivity index (χ2v) is 6.32. The SMILES string of the molecule is NCC1(C(=O)N(CC2CC2)C2CC2)CCCC1. The lowest BCUT2D eigenvalue weighted by Crippen LogP contribution is -2.48. The molecule has 0 bridgehead atoms. The van der Waals surface area contributed by atoms with Crippen molar-refractivity contribution in [3.63, 3.8) is 0 Å². The molecular weight excluding hydrogens is 212 g/mol. The summed E-state index contributed by atoms with van der Waals surface area (Å²) in [6, 6.07) is 0.562. The molecule has 3 fully saturated rings. The maximum atomic E-state index is 12.8. The third-order valence-corrected chi connectivity index (χ3v) is 4.81. The number of rotatable bonds is 5. The molecule has 1 amide bonds. The van der Waals surface area contributed by atoms with E-state index in [1.54, 1.807) is 0 Å². The van der Waals surface area contributed by atoms with Gasteiger partial charge in [0.2, 0.25) is 5.91 Å². The van der Waals surface area contributed by atoms with Gasteiger partial charge < -0.3 is 10.6 Å². The molecule has 0 aromatic heterocycles. The summed E-state index contributed by atoms with van der Waals surface area (Å²) < 4.78 is 0. The van der Waals surface area contributed by atoms with Crippen LogP contribution in [0, 0.1) is 11.3 Å². The van der Waals surface area contributed by atoms with Crippen LogP contribution in [0.15, 0.2) is 0 Å². The average molecular weight is 236 g/mol. The molecule has 0 heterocycles. The molecule has 3 aliphatic carbocycles. The zero-order chi connectivity index (χ0) is 11.9. The van der Waals surface area contributed by atoms with Crippen LogP contribution in [0.3, 0.4) is 0 Å². The van der Waals surface area contributed by atoms with Crippen LogP contribution in [-0.2, 0) is 4.79 Å². The van der Waals surface area contributed by atoms with E-state index in [0.29, 0.717) is 18.5 Å². The fourth-order valence-electron chi connectivity index (χ4n) is 3.22. The second-order valence-electron chi connectivity index (χ2n) is 6.32. The van der Waals surface area contributed by atoms with E-state index < -0.39 is 0 Å². The van der Waals surface area contributed by atoms with Gasteiger partial charge in [-0.05, 0) is 44.4 Å². The highest BCUT2D eigenvalue weighted by Gasteiger charge is 2.46. The number of nitrogens with zero attached hydrogens (tertiary/aromatic N) is 1. The van der Waals surface area contributed by atoms with Crippen molar-refractivity contribution in [2.24, 2.45) is 17.1 Å². The van der Waals surface area contributed by atoms with E-state index in [2.05, 4.69) is 4.90 Å². The average Bonchev–Trinajstić information content (AvgIpc) is 3.25. The molecule has 2 N–H and O–H groups in total. The molecule has 0 aliphatic heterocycles. The summed E-state index contributed by atoms with van der Waals surface area (Å²) in [6.45, 7) is 1.57. The minimum Gasteiger partial charge on any atom is -0.339 e. The zero-order valence-corrected chi connectivity index (χ0v) is 10.7. The molecule has 0 saturated heterocycles. The first-order valence-corrected chi connectivity index (χ1v) is 7.26. The van der Waals surface area contributed by atoms with Crippen LogP contribution in [-0.4, -0.2) is 29.9 Å². The molecule has 0 aromatic carbocycles. The van der Waals surface area contributed by atoms with Gasteiger partial charge >= 0.3 is 0 Å². The van der Waals surface area contributed by atoms with Gasteiger partial charge in [-0.1, -0.05) is 12.8 Å². The highest BCUT2D eigenvalue weighted by atomic mass is 16.2. The Morgan fingerprint density at radius 1 is 1.18 bits per heavy atom. The lowest BCUT2D eigenvalue weighted by molar-refractivity contribution is -0.142.